The summed E-state index contributed by atoms with van der Waals surface area (Å²) in [5.74, 6) is -0.929. The molecule has 6 nitrogen and oxygen atoms in total. The Hall–Kier alpha value is -3.15. The van der Waals surface area contributed by atoms with Crippen molar-refractivity contribution in [3.63, 3.8) is 0 Å². The number of esters is 3. The van der Waals surface area contributed by atoms with Crippen LogP contribution in [0.4, 0.5) is 0 Å². The minimum atomic E-state index is -0.791. The summed E-state index contributed by atoms with van der Waals surface area (Å²) in [5.41, 5.74) is 0. The van der Waals surface area contributed by atoms with E-state index < -0.39 is 6.10 Å². The van der Waals surface area contributed by atoms with Gasteiger partial charge >= 0.3 is 17.9 Å². The fourth-order valence-electron chi connectivity index (χ4n) is 7.00. The molecule has 0 saturated heterocycles. The lowest BCUT2D eigenvalue weighted by Crippen LogP contribution is -2.30. The summed E-state index contributed by atoms with van der Waals surface area (Å²) in [4.78, 5) is 37.9. The van der Waals surface area contributed by atoms with Gasteiger partial charge in [-0.15, -0.1) is 0 Å². The topological polar surface area (TPSA) is 78.9 Å². The second-order valence-corrected chi connectivity index (χ2v) is 17.0. The Morgan fingerprint density at radius 1 is 0.339 bits per heavy atom. The van der Waals surface area contributed by atoms with E-state index in [-0.39, 0.29) is 31.1 Å². The second kappa shape index (κ2) is 50.5. The zero-order chi connectivity index (χ0) is 45.1. The fourth-order valence-corrected chi connectivity index (χ4v) is 7.00. The van der Waals surface area contributed by atoms with Gasteiger partial charge in [-0.2, -0.15) is 0 Å². The van der Waals surface area contributed by atoms with Crippen molar-refractivity contribution < 1.29 is 28.6 Å². The number of rotatable bonds is 46. The Labute approximate surface area is 382 Å². The summed E-state index contributed by atoms with van der Waals surface area (Å²) in [6.45, 7) is 6.45. The van der Waals surface area contributed by atoms with Gasteiger partial charge in [0.2, 0.25) is 0 Å². The third-order valence-corrected chi connectivity index (χ3v) is 10.9. The Bertz CT molecular complexity index is 1180. The molecule has 0 N–H and O–H groups in total. The van der Waals surface area contributed by atoms with Gasteiger partial charge in [0.15, 0.2) is 6.10 Å². The van der Waals surface area contributed by atoms with Gasteiger partial charge in [0.1, 0.15) is 13.2 Å². The Kier molecular flexibility index (Phi) is 47.9. The summed E-state index contributed by atoms with van der Waals surface area (Å²) in [5, 5.41) is 0. The van der Waals surface area contributed by atoms with Crippen molar-refractivity contribution in [2.75, 3.05) is 13.2 Å². The smallest absolute Gasteiger partial charge is 0.306 e. The lowest BCUT2D eigenvalue weighted by molar-refractivity contribution is -0.167. The van der Waals surface area contributed by atoms with E-state index in [0.717, 1.165) is 109 Å². The van der Waals surface area contributed by atoms with Crippen LogP contribution in [-0.2, 0) is 28.6 Å². The quantitative estimate of drug-likeness (QED) is 0.0262. The molecule has 0 radical (unpaired) electrons. The Morgan fingerprint density at radius 3 is 1.06 bits per heavy atom. The Balaban J connectivity index is 4.40. The van der Waals surface area contributed by atoms with E-state index in [0.29, 0.717) is 19.3 Å². The van der Waals surface area contributed by atoms with E-state index in [9.17, 15) is 14.4 Å². The van der Waals surface area contributed by atoms with Crippen molar-refractivity contribution in [2.45, 2.75) is 252 Å². The molecule has 356 valence electrons. The van der Waals surface area contributed by atoms with Crippen LogP contribution in [0.5, 0.6) is 0 Å². The highest BCUT2D eigenvalue weighted by molar-refractivity contribution is 5.71. The molecule has 0 saturated carbocycles. The largest absolute Gasteiger partial charge is 0.462 e. The van der Waals surface area contributed by atoms with Gasteiger partial charge in [-0.1, -0.05) is 196 Å². The first kappa shape index (κ1) is 58.9. The summed E-state index contributed by atoms with van der Waals surface area (Å²) >= 11 is 0. The summed E-state index contributed by atoms with van der Waals surface area (Å²) in [7, 11) is 0. The molecule has 0 aromatic rings. The first-order valence-electron chi connectivity index (χ1n) is 25.9. The van der Waals surface area contributed by atoms with Gasteiger partial charge in [-0.3, -0.25) is 14.4 Å². The molecule has 62 heavy (non-hydrogen) atoms. The molecule has 0 rings (SSSR count). The van der Waals surface area contributed by atoms with E-state index >= 15 is 0 Å². The fraction of sp³-hybridized carbons (Fsp3) is 0.732. The van der Waals surface area contributed by atoms with Gasteiger partial charge in [-0.25, -0.2) is 0 Å². The molecule has 0 aliphatic carbocycles. The third kappa shape index (κ3) is 47.9. The van der Waals surface area contributed by atoms with Crippen molar-refractivity contribution in [1.29, 1.82) is 0 Å². The van der Waals surface area contributed by atoms with Gasteiger partial charge in [-0.05, 0) is 103 Å². The van der Waals surface area contributed by atoms with Crippen LogP contribution in [0.3, 0.4) is 0 Å². The lowest BCUT2D eigenvalue weighted by atomic mass is 10.1. The van der Waals surface area contributed by atoms with Crippen molar-refractivity contribution in [2.24, 2.45) is 0 Å². The number of hydrogen-bond acceptors (Lipinski definition) is 6. The minimum absolute atomic E-state index is 0.0906. The highest BCUT2D eigenvalue weighted by Gasteiger charge is 2.19. The first-order valence-corrected chi connectivity index (χ1v) is 25.9. The van der Waals surface area contributed by atoms with Crippen LogP contribution in [0, 0.1) is 0 Å². The molecule has 1 atom stereocenters. The first-order chi connectivity index (χ1) is 30.5. The number of hydrogen-bond donors (Lipinski definition) is 0. The molecule has 0 bridgehead atoms. The molecule has 0 aromatic heterocycles. The molecular formula is C56H96O6. The average molecular weight is 865 g/mol. The van der Waals surface area contributed by atoms with E-state index in [4.69, 9.17) is 14.2 Å². The number of ether oxygens (including phenoxy) is 3. The van der Waals surface area contributed by atoms with Crippen LogP contribution in [0.2, 0.25) is 0 Å². The van der Waals surface area contributed by atoms with Crippen molar-refractivity contribution in [1.82, 2.24) is 0 Å². The molecule has 0 fully saturated rings. The maximum Gasteiger partial charge on any atom is 0.306 e. The Morgan fingerprint density at radius 2 is 0.645 bits per heavy atom. The normalized spacial score (nSPS) is 12.6. The lowest BCUT2D eigenvalue weighted by Gasteiger charge is -2.18. The second-order valence-electron chi connectivity index (χ2n) is 17.0. The zero-order valence-corrected chi connectivity index (χ0v) is 40.6. The molecule has 0 amide bonds. The predicted octanol–water partition coefficient (Wildman–Crippen LogP) is 17.0. The van der Waals surface area contributed by atoms with E-state index in [1.54, 1.807) is 0 Å². The number of carbonyl (C=O) groups excluding carboxylic acids is 3. The van der Waals surface area contributed by atoms with Crippen molar-refractivity contribution in [3.05, 3.63) is 72.9 Å². The maximum absolute atomic E-state index is 12.8. The minimum Gasteiger partial charge on any atom is -0.462 e. The summed E-state index contributed by atoms with van der Waals surface area (Å²) in [6, 6.07) is 0. The van der Waals surface area contributed by atoms with Crippen LogP contribution in [0.15, 0.2) is 72.9 Å². The van der Waals surface area contributed by atoms with Crippen LogP contribution in [-0.4, -0.2) is 37.2 Å². The molecule has 0 spiro atoms. The monoisotopic (exact) mass is 865 g/mol. The third-order valence-electron chi connectivity index (χ3n) is 10.9. The van der Waals surface area contributed by atoms with E-state index in [1.807, 2.05) is 0 Å². The van der Waals surface area contributed by atoms with E-state index in [1.165, 1.54) is 96.3 Å². The van der Waals surface area contributed by atoms with E-state index in [2.05, 4.69) is 93.7 Å². The molecule has 0 heterocycles. The molecule has 1 unspecified atom stereocenters. The number of unbranched alkanes of at least 4 members (excludes halogenated alkanes) is 23. The molecule has 0 aliphatic heterocycles. The highest BCUT2D eigenvalue weighted by Crippen LogP contribution is 2.14. The standard InChI is InChI=1S/C56H96O6/c1-4-7-10-13-16-19-22-24-26-27-28-29-30-32-34-37-40-43-46-49-55(58)61-52-53(51-60-54(57)48-45-42-39-36-33-21-18-15-12-9-6-3)62-56(59)50-47-44-41-38-35-31-25-23-20-17-14-11-8-5-2/h7,10,15-16,18-19,24,26,28-29,31,35,53H,4-6,8-9,11-14,17,20-23,25,27,30,32-34,36-52H2,1-3H3/b10-7-,18-15-,19-16-,26-24-,29-28-,35-31-. The van der Waals surface area contributed by atoms with Gasteiger partial charge < -0.3 is 14.2 Å². The van der Waals surface area contributed by atoms with Crippen LogP contribution in [0.25, 0.3) is 0 Å². The highest BCUT2D eigenvalue weighted by atomic mass is 16.6. The van der Waals surface area contributed by atoms with Crippen LogP contribution >= 0.6 is 0 Å². The van der Waals surface area contributed by atoms with Crippen LogP contribution in [0.1, 0.15) is 245 Å². The maximum atomic E-state index is 12.8. The van der Waals surface area contributed by atoms with Crippen molar-refractivity contribution >= 4 is 17.9 Å². The molecule has 0 aromatic carbocycles. The summed E-state index contributed by atoms with van der Waals surface area (Å²) < 4.78 is 16.8. The zero-order valence-electron chi connectivity index (χ0n) is 40.6. The molecule has 0 aliphatic rings. The van der Waals surface area contributed by atoms with Crippen molar-refractivity contribution in [3.8, 4) is 0 Å². The predicted molar refractivity (Wildman–Crippen MR) is 265 cm³/mol. The number of allylic oxidation sites excluding steroid dienone is 12. The van der Waals surface area contributed by atoms with Crippen LogP contribution < -0.4 is 0 Å². The van der Waals surface area contributed by atoms with Gasteiger partial charge in [0.25, 0.3) is 0 Å². The van der Waals surface area contributed by atoms with Gasteiger partial charge in [0, 0.05) is 19.3 Å². The average Bonchev–Trinajstić information content (AvgIpc) is 3.27. The van der Waals surface area contributed by atoms with Gasteiger partial charge in [0.05, 0.1) is 0 Å². The molecule has 6 heteroatoms. The summed E-state index contributed by atoms with van der Waals surface area (Å²) in [6.07, 6.45) is 63.1. The SMILES string of the molecule is CC/C=C\C/C=C\C/C=C\C/C=C\CCCCCCCCC(=O)OCC(COC(=O)CCCCCCC/C=C\CCCC)OC(=O)CCCCC/C=C\CCCCCCCCC. The molecular weight excluding hydrogens is 769 g/mol. The number of carbonyl (C=O) groups is 3.